The van der Waals surface area contributed by atoms with E-state index in [1.165, 1.54) is 6.08 Å². The molecule has 0 saturated heterocycles. The van der Waals surface area contributed by atoms with Gasteiger partial charge in [-0.05, 0) is 22.0 Å². The van der Waals surface area contributed by atoms with E-state index in [4.69, 9.17) is 17.4 Å². The van der Waals surface area contributed by atoms with Gasteiger partial charge in [-0.1, -0.05) is 18.2 Å². The SMILES string of the molecule is C=C(Cl)/C=C(/Br)C(=O)NN. The molecule has 0 saturated carbocycles. The van der Waals surface area contributed by atoms with Gasteiger partial charge in [-0.3, -0.25) is 10.2 Å². The minimum atomic E-state index is -0.443. The number of allylic oxidation sites excluding steroid dienone is 2. The summed E-state index contributed by atoms with van der Waals surface area (Å²) in [6.07, 6.45) is 1.35. The van der Waals surface area contributed by atoms with Crippen molar-refractivity contribution in [2.45, 2.75) is 0 Å². The van der Waals surface area contributed by atoms with Gasteiger partial charge in [0.2, 0.25) is 0 Å². The number of nitrogens with one attached hydrogen (secondary N) is 1. The van der Waals surface area contributed by atoms with Crippen molar-refractivity contribution in [3.63, 3.8) is 0 Å². The number of hydrazine groups is 1. The lowest BCUT2D eigenvalue weighted by Gasteiger charge is -1.94. The number of nitrogens with two attached hydrogens (primary N) is 1. The zero-order chi connectivity index (χ0) is 8.15. The fourth-order valence-corrected chi connectivity index (χ4v) is 0.904. The molecule has 1 amide bonds. The van der Waals surface area contributed by atoms with E-state index in [0.717, 1.165) is 0 Å². The van der Waals surface area contributed by atoms with Crippen molar-refractivity contribution in [3.8, 4) is 0 Å². The summed E-state index contributed by atoms with van der Waals surface area (Å²) >= 11 is 8.28. The van der Waals surface area contributed by atoms with Crippen LogP contribution in [0.25, 0.3) is 0 Å². The second kappa shape index (κ2) is 4.49. The molecule has 56 valence electrons. The Balaban J connectivity index is 4.19. The number of amides is 1. The van der Waals surface area contributed by atoms with Crippen LogP contribution in [-0.2, 0) is 4.79 Å². The van der Waals surface area contributed by atoms with Crippen LogP contribution >= 0.6 is 27.5 Å². The molecule has 0 rings (SSSR count). The molecule has 3 nitrogen and oxygen atoms in total. The van der Waals surface area contributed by atoms with Crippen LogP contribution in [0.15, 0.2) is 22.2 Å². The van der Waals surface area contributed by atoms with Gasteiger partial charge in [0.15, 0.2) is 0 Å². The van der Waals surface area contributed by atoms with E-state index in [9.17, 15) is 4.79 Å². The summed E-state index contributed by atoms with van der Waals surface area (Å²) < 4.78 is 0.245. The van der Waals surface area contributed by atoms with Crippen molar-refractivity contribution in [2.75, 3.05) is 0 Å². The molecule has 0 heterocycles. The molecule has 0 aromatic rings. The van der Waals surface area contributed by atoms with Crippen LogP contribution in [0.3, 0.4) is 0 Å². The number of rotatable bonds is 2. The lowest BCUT2D eigenvalue weighted by Crippen LogP contribution is -2.29. The molecule has 10 heavy (non-hydrogen) atoms. The lowest BCUT2D eigenvalue weighted by atomic mass is 10.5. The molecule has 0 aliphatic heterocycles. The summed E-state index contributed by atoms with van der Waals surface area (Å²) in [6, 6.07) is 0. The highest BCUT2D eigenvalue weighted by Gasteiger charge is 2.01. The van der Waals surface area contributed by atoms with E-state index in [1.54, 1.807) is 0 Å². The first-order valence-electron chi connectivity index (χ1n) is 2.30. The third-order valence-corrected chi connectivity index (χ3v) is 1.33. The van der Waals surface area contributed by atoms with Crippen molar-refractivity contribution >= 4 is 33.4 Å². The molecule has 0 bridgehead atoms. The van der Waals surface area contributed by atoms with Crippen LogP contribution in [0.2, 0.25) is 0 Å². The number of hydrogen-bond acceptors (Lipinski definition) is 2. The molecule has 0 aliphatic rings. The monoisotopic (exact) mass is 224 g/mol. The quantitative estimate of drug-likeness (QED) is 0.242. The standard InChI is InChI=1S/C5H6BrClN2O/c1-3(7)2-4(6)5(10)9-8/h2H,1,8H2,(H,9,10)/b4-2+. The molecule has 0 unspecified atom stereocenters. The predicted molar refractivity (Wildman–Crippen MR) is 44.3 cm³/mol. The number of halogens is 2. The minimum Gasteiger partial charge on any atom is -0.290 e. The summed E-state index contributed by atoms with van der Waals surface area (Å²) in [5, 5.41) is 0.260. The normalized spacial score (nSPS) is 10.9. The van der Waals surface area contributed by atoms with Crippen LogP contribution in [0.1, 0.15) is 0 Å². The topological polar surface area (TPSA) is 55.1 Å². The van der Waals surface area contributed by atoms with Gasteiger partial charge in [0.1, 0.15) is 0 Å². The van der Waals surface area contributed by atoms with Crippen LogP contribution in [0.5, 0.6) is 0 Å². The van der Waals surface area contributed by atoms with Crippen molar-refractivity contribution in [1.29, 1.82) is 0 Å². The molecule has 0 aromatic carbocycles. The van der Waals surface area contributed by atoms with Crippen LogP contribution in [0, 0.1) is 0 Å². The smallest absolute Gasteiger partial charge is 0.272 e. The van der Waals surface area contributed by atoms with Gasteiger partial charge in [0, 0.05) is 5.03 Å². The fourth-order valence-electron chi connectivity index (χ4n) is 0.272. The Kier molecular flexibility index (Phi) is 4.34. The third kappa shape index (κ3) is 3.66. The van der Waals surface area contributed by atoms with Crippen molar-refractivity contribution in [1.82, 2.24) is 5.43 Å². The van der Waals surface area contributed by atoms with Gasteiger partial charge < -0.3 is 0 Å². The van der Waals surface area contributed by atoms with Crippen LogP contribution in [0.4, 0.5) is 0 Å². The zero-order valence-corrected chi connectivity index (χ0v) is 7.37. The largest absolute Gasteiger partial charge is 0.290 e. The maximum atomic E-state index is 10.6. The second-order valence-electron chi connectivity index (χ2n) is 1.41. The Morgan fingerprint density at radius 1 is 1.80 bits per heavy atom. The molecule has 5 heteroatoms. The van der Waals surface area contributed by atoms with Gasteiger partial charge >= 0.3 is 0 Å². The highest BCUT2D eigenvalue weighted by Crippen LogP contribution is 2.09. The Labute approximate surface area is 72.0 Å². The van der Waals surface area contributed by atoms with E-state index in [-0.39, 0.29) is 9.51 Å². The predicted octanol–water partition coefficient (Wildman–Crippen LogP) is 1.01. The first kappa shape index (κ1) is 9.68. The van der Waals surface area contributed by atoms with Gasteiger partial charge in [0.05, 0.1) is 4.48 Å². The first-order chi connectivity index (χ1) is 4.57. The van der Waals surface area contributed by atoms with E-state index >= 15 is 0 Å². The van der Waals surface area contributed by atoms with Crippen LogP contribution < -0.4 is 11.3 Å². The first-order valence-corrected chi connectivity index (χ1v) is 3.47. The summed E-state index contributed by atoms with van der Waals surface area (Å²) in [6.45, 7) is 3.35. The molecule has 0 fully saturated rings. The fraction of sp³-hybridized carbons (Fsp3) is 0. The third-order valence-electron chi connectivity index (χ3n) is 0.631. The molecule has 0 radical (unpaired) electrons. The van der Waals surface area contributed by atoms with Crippen LogP contribution in [-0.4, -0.2) is 5.91 Å². The van der Waals surface area contributed by atoms with Crippen molar-refractivity contribution in [2.24, 2.45) is 5.84 Å². The zero-order valence-electron chi connectivity index (χ0n) is 5.03. The molecule has 0 aromatic heterocycles. The number of hydrogen-bond donors (Lipinski definition) is 2. The highest BCUT2D eigenvalue weighted by atomic mass is 79.9. The van der Waals surface area contributed by atoms with E-state index < -0.39 is 5.91 Å². The molecular weight excluding hydrogens is 219 g/mol. The van der Waals surface area contributed by atoms with Gasteiger partial charge in [-0.15, -0.1) is 0 Å². The Hall–Kier alpha value is -0.320. The van der Waals surface area contributed by atoms with E-state index in [2.05, 4.69) is 22.5 Å². The summed E-state index contributed by atoms with van der Waals surface area (Å²) in [5.74, 6) is 4.36. The molecular formula is C5H6BrClN2O. The maximum absolute atomic E-state index is 10.6. The van der Waals surface area contributed by atoms with Crippen molar-refractivity contribution < 1.29 is 4.79 Å². The van der Waals surface area contributed by atoms with Crippen molar-refractivity contribution in [3.05, 3.63) is 22.2 Å². The number of carbonyl (C=O) groups is 1. The van der Waals surface area contributed by atoms with Gasteiger partial charge in [-0.25, -0.2) is 5.84 Å². The molecule has 0 atom stereocenters. The Morgan fingerprint density at radius 2 is 2.30 bits per heavy atom. The minimum absolute atomic E-state index is 0.245. The Morgan fingerprint density at radius 3 is 2.60 bits per heavy atom. The molecule has 3 N–H and O–H groups in total. The summed E-state index contributed by atoms with van der Waals surface area (Å²) in [4.78, 5) is 10.6. The molecule has 0 aliphatic carbocycles. The maximum Gasteiger partial charge on any atom is 0.272 e. The lowest BCUT2D eigenvalue weighted by molar-refractivity contribution is -0.116. The second-order valence-corrected chi connectivity index (χ2v) is 2.75. The summed E-state index contributed by atoms with van der Waals surface area (Å²) in [5.41, 5.74) is 1.92. The highest BCUT2D eigenvalue weighted by molar-refractivity contribution is 9.12. The average Bonchev–Trinajstić information content (AvgIpc) is 1.85. The Bertz CT molecular complexity index is 190. The summed E-state index contributed by atoms with van der Waals surface area (Å²) in [7, 11) is 0. The van der Waals surface area contributed by atoms with E-state index in [1.807, 2.05) is 5.43 Å². The van der Waals surface area contributed by atoms with Gasteiger partial charge in [0.25, 0.3) is 5.91 Å². The average molecular weight is 225 g/mol. The van der Waals surface area contributed by atoms with Gasteiger partial charge in [-0.2, -0.15) is 0 Å². The number of carbonyl (C=O) groups excluding carboxylic acids is 1. The van der Waals surface area contributed by atoms with E-state index in [0.29, 0.717) is 0 Å². The molecule has 0 spiro atoms.